The molecule has 3 aromatic rings. The molecular formula is C22H22N2O8. The Balaban J connectivity index is 1.78. The molecule has 1 aromatic heterocycles. The Hall–Kier alpha value is -3.92. The number of carbonyl (C=O) groups is 2. The topological polar surface area (TPSA) is 130 Å². The molecular weight excluding hydrogens is 420 g/mol. The van der Waals surface area contributed by atoms with Crippen LogP contribution in [0.4, 0.5) is 11.4 Å². The molecule has 32 heavy (non-hydrogen) atoms. The fourth-order valence-corrected chi connectivity index (χ4v) is 3.02. The van der Waals surface area contributed by atoms with Gasteiger partial charge in [-0.15, -0.1) is 0 Å². The van der Waals surface area contributed by atoms with Crippen LogP contribution in [0.2, 0.25) is 0 Å². The van der Waals surface area contributed by atoms with Crippen molar-refractivity contribution in [1.29, 1.82) is 0 Å². The number of esters is 1. The molecule has 0 aliphatic rings. The van der Waals surface area contributed by atoms with Gasteiger partial charge in [-0.1, -0.05) is 18.2 Å². The molecule has 0 bridgehead atoms. The lowest BCUT2D eigenvalue weighted by molar-refractivity contribution is -0.384. The predicted molar refractivity (Wildman–Crippen MR) is 115 cm³/mol. The number of anilines is 1. The molecule has 1 atom stereocenters. The lowest BCUT2D eigenvalue weighted by atomic mass is 10.1. The van der Waals surface area contributed by atoms with Crippen LogP contribution in [-0.2, 0) is 20.9 Å². The van der Waals surface area contributed by atoms with Crippen molar-refractivity contribution in [3.05, 3.63) is 63.9 Å². The molecule has 0 aliphatic heterocycles. The molecule has 10 nitrogen and oxygen atoms in total. The van der Waals surface area contributed by atoms with Crippen LogP contribution < -0.4 is 10.1 Å². The third kappa shape index (κ3) is 4.86. The van der Waals surface area contributed by atoms with Crippen LogP contribution in [0, 0.1) is 10.1 Å². The number of rotatable bonds is 9. The summed E-state index contributed by atoms with van der Waals surface area (Å²) in [5.41, 5.74) is 0.872. The second-order valence-corrected chi connectivity index (χ2v) is 6.72. The number of nitro groups is 1. The lowest BCUT2D eigenvalue weighted by Crippen LogP contribution is -2.30. The Kier molecular flexibility index (Phi) is 7.06. The summed E-state index contributed by atoms with van der Waals surface area (Å²) in [5, 5.41) is 14.2. The number of benzene rings is 2. The maximum atomic E-state index is 12.8. The monoisotopic (exact) mass is 442 g/mol. The molecule has 0 saturated carbocycles. The quantitative estimate of drug-likeness (QED) is 0.298. The summed E-state index contributed by atoms with van der Waals surface area (Å²) in [6.07, 6.45) is -1.22. The van der Waals surface area contributed by atoms with Crippen LogP contribution >= 0.6 is 0 Å². The number of non-ortho nitro benzene ring substituents is 1. The van der Waals surface area contributed by atoms with Crippen molar-refractivity contribution in [2.24, 2.45) is 0 Å². The zero-order chi connectivity index (χ0) is 23.3. The Morgan fingerprint density at radius 1 is 1.22 bits per heavy atom. The molecule has 1 N–H and O–H groups in total. The Bertz CT molecular complexity index is 1150. The number of nitrogens with one attached hydrogen (secondary N) is 1. The first kappa shape index (κ1) is 22.8. The van der Waals surface area contributed by atoms with E-state index in [1.165, 1.54) is 26.2 Å². The number of para-hydroxylation sites is 1. The van der Waals surface area contributed by atoms with Crippen molar-refractivity contribution in [3.63, 3.8) is 0 Å². The fourth-order valence-electron chi connectivity index (χ4n) is 3.02. The zero-order valence-electron chi connectivity index (χ0n) is 17.7. The number of amides is 1. The van der Waals surface area contributed by atoms with Gasteiger partial charge in [-0.3, -0.25) is 14.9 Å². The smallest absolute Gasteiger partial charge is 0.375 e. The molecule has 1 heterocycles. The van der Waals surface area contributed by atoms with Gasteiger partial charge in [0.2, 0.25) is 5.76 Å². The third-order valence-corrected chi connectivity index (χ3v) is 4.64. The number of nitro benzene ring substituents is 1. The van der Waals surface area contributed by atoms with E-state index in [1.54, 1.807) is 18.2 Å². The number of carbonyl (C=O) groups excluding carboxylic acids is 2. The lowest BCUT2D eigenvalue weighted by Gasteiger charge is -2.15. The minimum absolute atomic E-state index is 0.0489. The first-order valence-corrected chi connectivity index (χ1v) is 9.78. The number of methoxy groups -OCH3 is 1. The minimum atomic E-state index is -1.22. The zero-order valence-corrected chi connectivity index (χ0v) is 17.7. The van der Waals surface area contributed by atoms with Crippen molar-refractivity contribution >= 4 is 34.2 Å². The standard InChI is InChI=1S/C22H22N2O8/c1-4-30-12-16-15-7-5-6-8-18(15)32-20(16)22(26)31-13(2)21(25)23-17-11-14(24(27)28)9-10-19(17)29-3/h5-11,13H,4,12H2,1-3H3,(H,23,25). The van der Waals surface area contributed by atoms with Gasteiger partial charge < -0.3 is 23.9 Å². The summed E-state index contributed by atoms with van der Waals surface area (Å²) >= 11 is 0. The van der Waals surface area contributed by atoms with Gasteiger partial charge in [0.05, 0.1) is 24.3 Å². The van der Waals surface area contributed by atoms with E-state index in [2.05, 4.69) is 5.32 Å². The Labute approximate surface area is 183 Å². The predicted octanol–water partition coefficient (Wildman–Crippen LogP) is 4.07. The van der Waals surface area contributed by atoms with Gasteiger partial charge in [-0.05, 0) is 26.0 Å². The molecule has 168 valence electrons. The highest BCUT2D eigenvalue weighted by Gasteiger charge is 2.26. The largest absolute Gasteiger partial charge is 0.495 e. The third-order valence-electron chi connectivity index (χ3n) is 4.64. The average Bonchev–Trinajstić information content (AvgIpc) is 3.16. The van der Waals surface area contributed by atoms with Crippen molar-refractivity contribution < 1.29 is 33.1 Å². The molecule has 3 rings (SSSR count). The van der Waals surface area contributed by atoms with Crippen molar-refractivity contribution in [2.75, 3.05) is 19.0 Å². The van der Waals surface area contributed by atoms with Gasteiger partial charge >= 0.3 is 5.97 Å². The highest BCUT2D eigenvalue weighted by atomic mass is 16.6. The van der Waals surface area contributed by atoms with Crippen LogP contribution in [0.25, 0.3) is 11.0 Å². The number of nitrogens with zero attached hydrogens (tertiary/aromatic N) is 1. The van der Waals surface area contributed by atoms with Crippen LogP contribution in [-0.4, -0.2) is 36.6 Å². The second-order valence-electron chi connectivity index (χ2n) is 6.72. The summed E-state index contributed by atoms with van der Waals surface area (Å²) < 4.78 is 21.5. The van der Waals surface area contributed by atoms with E-state index in [9.17, 15) is 19.7 Å². The van der Waals surface area contributed by atoms with Crippen LogP contribution in [0.5, 0.6) is 5.75 Å². The van der Waals surface area contributed by atoms with Gasteiger partial charge in [0.1, 0.15) is 11.3 Å². The van der Waals surface area contributed by atoms with E-state index in [0.29, 0.717) is 23.1 Å². The Morgan fingerprint density at radius 3 is 2.66 bits per heavy atom. The van der Waals surface area contributed by atoms with E-state index < -0.39 is 22.9 Å². The molecule has 0 aliphatic carbocycles. The molecule has 0 fully saturated rings. The van der Waals surface area contributed by atoms with Crippen LogP contribution in [0.3, 0.4) is 0 Å². The Morgan fingerprint density at radius 2 is 1.97 bits per heavy atom. The molecule has 1 amide bonds. The normalized spacial score (nSPS) is 11.7. The molecule has 10 heteroatoms. The molecule has 0 saturated heterocycles. The van der Waals surface area contributed by atoms with E-state index in [1.807, 2.05) is 13.0 Å². The average molecular weight is 442 g/mol. The van der Waals surface area contributed by atoms with E-state index in [0.717, 1.165) is 6.07 Å². The van der Waals surface area contributed by atoms with Gasteiger partial charge in [-0.2, -0.15) is 0 Å². The highest BCUT2D eigenvalue weighted by molar-refractivity contribution is 6.00. The minimum Gasteiger partial charge on any atom is -0.495 e. The van der Waals surface area contributed by atoms with Crippen molar-refractivity contribution in [3.8, 4) is 5.75 Å². The number of hydrogen-bond acceptors (Lipinski definition) is 8. The summed E-state index contributed by atoms with van der Waals surface area (Å²) in [5.74, 6) is -1.35. The molecule has 0 spiro atoms. The van der Waals surface area contributed by atoms with Crippen molar-refractivity contribution in [1.82, 2.24) is 0 Å². The van der Waals surface area contributed by atoms with E-state index in [4.69, 9.17) is 18.6 Å². The summed E-state index contributed by atoms with van der Waals surface area (Å²) in [6.45, 7) is 3.79. The summed E-state index contributed by atoms with van der Waals surface area (Å²) in [7, 11) is 1.36. The highest BCUT2D eigenvalue weighted by Crippen LogP contribution is 2.30. The SMILES string of the molecule is CCOCc1c(C(=O)OC(C)C(=O)Nc2cc([N+](=O)[O-])ccc2OC)oc2ccccc12. The number of fused-ring (bicyclic) bond motifs is 1. The van der Waals surface area contributed by atoms with Gasteiger partial charge in [0.25, 0.3) is 11.6 Å². The fraction of sp³-hybridized carbons (Fsp3) is 0.273. The number of furan rings is 1. The maximum Gasteiger partial charge on any atom is 0.375 e. The van der Waals surface area contributed by atoms with Gasteiger partial charge in [0, 0.05) is 29.7 Å². The maximum absolute atomic E-state index is 12.8. The summed E-state index contributed by atoms with van der Waals surface area (Å²) in [4.78, 5) is 35.8. The second kappa shape index (κ2) is 9.92. The first-order valence-electron chi connectivity index (χ1n) is 9.78. The van der Waals surface area contributed by atoms with Crippen LogP contribution in [0.1, 0.15) is 30.0 Å². The van der Waals surface area contributed by atoms with E-state index >= 15 is 0 Å². The first-order chi connectivity index (χ1) is 15.3. The van der Waals surface area contributed by atoms with Gasteiger partial charge in [-0.25, -0.2) is 4.79 Å². The van der Waals surface area contributed by atoms with Crippen molar-refractivity contribution in [2.45, 2.75) is 26.6 Å². The molecule has 0 radical (unpaired) electrons. The van der Waals surface area contributed by atoms with Gasteiger partial charge in [0.15, 0.2) is 6.10 Å². The molecule has 1 unspecified atom stereocenters. The summed E-state index contributed by atoms with van der Waals surface area (Å²) in [6, 6.07) is 10.9. The number of hydrogen-bond donors (Lipinski definition) is 1. The molecule has 2 aromatic carbocycles. The number of ether oxygens (including phenoxy) is 3. The van der Waals surface area contributed by atoms with E-state index in [-0.39, 0.29) is 29.5 Å². The van der Waals surface area contributed by atoms with Crippen LogP contribution in [0.15, 0.2) is 46.9 Å².